The van der Waals surface area contributed by atoms with Gasteiger partial charge in [0.15, 0.2) is 0 Å². The lowest BCUT2D eigenvalue weighted by atomic mass is 10.2. The van der Waals surface area contributed by atoms with Gasteiger partial charge in [-0.2, -0.15) is 0 Å². The van der Waals surface area contributed by atoms with Crippen LogP contribution in [-0.2, 0) is 4.79 Å². The smallest absolute Gasteiger partial charge is 0.246 e. The van der Waals surface area contributed by atoms with Gasteiger partial charge in [0.25, 0.3) is 0 Å². The highest BCUT2D eigenvalue weighted by Gasteiger charge is 2.14. The molecule has 0 aliphatic carbocycles. The van der Waals surface area contributed by atoms with E-state index < -0.39 is 0 Å². The minimum Gasteiger partial charge on any atom is -0.374 e. The van der Waals surface area contributed by atoms with E-state index in [1.165, 1.54) is 18.5 Å². The largest absolute Gasteiger partial charge is 0.374 e. The summed E-state index contributed by atoms with van der Waals surface area (Å²) in [6.45, 7) is 4.14. The molecule has 2 aromatic rings. The van der Waals surface area contributed by atoms with Crippen molar-refractivity contribution in [3.63, 3.8) is 0 Å². The molecule has 24 heavy (non-hydrogen) atoms. The highest BCUT2D eigenvalue weighted by Crippen LogP contribution is 2.22. The maximum atomic E-state index is 12.3. The molecule has 1 saturated heterocycles. The van der Waals surface area contributed by atoms with Crippen molar-refractivity contribution in [3.05, 3.63) is 53.0 Å². The van der Waals surface area contributed by atoms with Crippen LogP contribution in [0.15, 0.2) is 53.0 Å². The van der Waals surface area contributed by atoms with Crippen LogP contribution in [0.4, 0.5) is 17.1 Å². The van der Waals surface area contributed by atoms with E-state index in [1.807, 2.05) is 43.3 Å². The van der Waals surface area contributed by atoms with Crippen LogP contribution in [0, 0.1) is 0 Å². The van der Waals surface area contributed by atoms with Gasteiger partial charge in [0.05, 0.1) is 0 Å². The van der Waals surface area contributed by atoms with E-state index in [0.717, 1.165) is 28.9 Å². The average molecular weight is 388 g/mol. The maximum Gasteiger partial charge on any atom is 0.246 e. The Labute approximate surface area is 151 Å². The Kier molecular flexibility index (Phi) is 5.41. The number of rotatable bonds is 5. The molecule has 1 amide bonds. The fourth-order valence-electron chi connectivity index (χ4n) is 2.84. The number of amides is 1. The van der Waals surface area contributed by atoms with Crippen LogP contribution in [0.5, 0.6) is 0 Å². The summed E-state index contributed by atoms with van der Waals surface area (Å²) < 4.78 is 0.991. The Morgan fingerprint density at radius 2 is 1.58 bits per heavy atom. The number of nitrogens with one attached hydrogen (secondary N) is 2. The van der Waals surface area contributed by atoms with Gasteiger partial charge >= 0.3 is 0 Å². The molecule has 2 aromatic carbocycles. The van der Waals surface area contributed by atoms with E-state index in [0.29, 0.717) is 0 Å². The Morgan fingerprint density at radius 3 is 2.21 bits per heavy atom. The first-order valence-corrected chi connectivity index (χ1v) is 9.09. The molecule has 126 valence electrons. The van der Waals surface area contributed by atoms with Gasteiger partial charge in [0, 0.05) is 34.6 Å². The summed E-state index contributed by atoms with van der Waals surface area (Å²) in [6.07, 6.45) is 2.54. The number of nitrogens with zero attached hydrogens (tertiary/aromatic N) is 1. The van der Waals surface area contributed by atoms with Gasteiger partial charge in [0.2, 0.25) is 5.91 Å². The highest BCUT2D eigenvalue weighted by atomic mass is 79.9. The normalized spacial score (nSPS) is 15.2. The lowest BCUT2D eigenvalue weighted by Crippen LogP contribution is -2.31. The summed E-state index contributed by atoms with van der Waals surface area (Å²) in [4.78, 5) is 14.7. The SMILES string of the molecule is C[C@H](Nc1ccc(N2CCCC2)cc1)C(=O)Nc1ccc(Br)cc1. The van der Waals surface area contributed by atoms with E-state index >= 15 is 0 Å². The van der Waals surface area contributed by atoms with Gasteiger partial charge in [-0.1, -0.05) is 15.9 Å². The second kappa shape index (κ2) is 7.71. The van der Waals surface area contributed by atoms with Crippen molar-refractivity contribution >= 4 is 38.9 Å². The van der Waals surface area contributed by atoms with E-state index in [2.05, 4.69) is 43.6 Å². The van der Waals surface area contributed by atoms with Crippen LogP contribution in [-0.4, -0.2) is 25.0 Å². The molecule has 0 spiro atoms. The molecule has 1 atom stereocenters. The first-order valence-electron chi connectivity index (χ1n) is 8.30. The highest BCUT2D eigenvalue weighted by molar-refractivity contribution is 9.10. The van der Waals surface area contributed by atoms with Gasteiger partial charge in [-0.25, -0.2) is 0 Å². The summed E-state index contributed by atoms with van der Waals surface area (Å²) in [5.74, 6) is -0.0547. The molecule has 0 radical (unpaired) electrons. The van der Waals surface area contributed by atoms with E-state index in [1.54, 1.807) is 0 Å². The van der Waals surface area contributed by atoms with Crippen molar-refractivity contribution in [3.8, 4) is 0 Å². The molecule has 1 heterocycles. The van der Waals surface area contributed by atoms with E-state index in [9.17, 15) is 4.79 Å². The quantitative estimate of drug-likeness (QED) is 0.794. The molecule has 4 nitrogen and oxygen atoms in total. The van der Waals surface area contributed by atoms with Crippen LogP contribution < -0.4 is 15.5 Å². The third-order valence-electron chi connectivity index (χ3n) is 4.23. The third kappa shape index (κ3) is 4.29. The van der Waals surface area contributed by atoms with Crippen LogP contribution in [0.25, 0.3) is 0 Å². The molecule has 1 aliphatic heterocycles. The molecule has 0 bridgehead atoms. The first-order chi connectivity index (χ1) is 11.6. The minimum atomic E-state index is -0.314. The van der Waals surface area contributed by atoms with Crippen molar-refractivity contribution in [1.82, 2.24) is 0 Å². The number of carbonyl (C=O) groups excluding carboxylic acids is 1. The number of benzene rings is 2. The average Bonchev–Trinajstić information content (AvgIpc) is 3.12. The van der Waals surface area contributed by atoms with Gasteiger partial charge in [0.1, 0.15) is 6.04 Å². The van der Waals surface area contributed by atoms with Crippen molar-refractivity contribution in [2.24, 2.45) is 0 Å². The molecule has 2 N–H and O–H groups in total. The molecular formula is C19H22BrN3O. The number of hydrogen-bond donors (Lipinski definition) is 2. The van der Waals surface area contributed by atoms with Crippen LogP contribution >= 0.6 is 15.9 Å². The Morgan fingerprint density at radius 1 is 1.00 bits per heavy atom. The van der Waals surface area contributed by atoms with E-state index in [4.69, 9.17) is 0 Å². The zero-order valence-electron chi connectivity index (χ0n) is 13.8. The predicted octanol–water partition coefficient (Wildman–Crippen LogP) is 4.49. The molecule has 5 heteroatoms. The summed E-state index contributed by atoms with van der Waals surface area (Å²) in [7, 11) is 0. The molecular weight excluding hydrogens is 366 g/mol. The van der Waals surface area contributed by atoms with Crippen LogP contribution in [0.2, 0.25) is 0 Å². The Balaban J connectivity index is 1.56. The Hall–Kier alpha value is -2.01. The molecule has 1 fully saturated rings. The van der Waals surface area contributed by atoms with Crippen molar-refractivity contribution in [2.75, 3.05) is 28.6 Å². The number of carbonyl (C=O) groups is 1. The fraction of sp³-hybridized carbons (Fsp3) is 0.316. The van der Waals surface area contributed by atoms with Crippen molar-refractivity contribution in [1.29, 1.82) is 0 Å². The monoisotopic (exact) mass is 387 g/mol. The maximum absolute atomic E-state index is 12.3. The second-order valence-corrected chi connectivity index (χ2v) is 7.02. The summed E-state index contributed by atoms with van der Waals surface area (Å²) in [6, 6.07) is 15.6. The first kappa shape index (κ1) is 16.8. The number of hydrogen-bond acceptors (Lipinski definition) is 3. The van der Waals surface area contributed by atoms with Crippen LogP contribution in [0.1, 0.15) is 19.8 Å². The molecule has 0 saturated carbocycles. The van der Waals surface area contributed by atoms with Crippen LogP contribution in [0.3, 0.4) is 0 Å². The molecule has 1 aliphatic rings. The molecule has 0 unspecified atom stereocenters. The zero-order valence-corrected chi connectivity index (χ0v) is 15.3. The summed E-state index contributed by atoms with van der Waals surface area (Å²) >= 11 is 3.39. The van der Waals surface area contributed by atoms with E-state index in [-0.39, 0.29) is 11.9 Å². The lowest BCUT2D eigenvalue weighted by Gasteiger charge is -2.19. The summed E-state index contributed by atoms with van der Waals surface area (Å²) in [5.41, 5.74) is 3.00. The topological polar surface area (TPSA) is 44.4 Å². The summed E-state index contributed by atoms with van der Waals surface area (Å²) in [5, 5.41) is 6.17. The van der Waals surface area contributed by atoms with Gasteiger partial charge in [-0.15, -0.1) is 0 Å². The van der Waals surface area contributed by atoms with Crippen molar-refractivity contribution in [2.45, 2.75) is 25.8 Å². The predicted molar refractivity (Wildman–Crippen MR) is 104 cm³/mol. The third-order valence-corrected chi connectivity index (χ3v) is 4.76. The molecule has 0 aromatic heterocycles. The lowest BCUT2D eigenvalue weighted by molar-refractivity contribution is -0.116. The minimum absolute atomic E-state index is 0.0547. The number of anilines is 3. The van der Waals surface area contributed by atoms with Gasteiger partial charge in [-0.05, 0) is 68.3 Å². The standard InChI is InChI=1S/C19H22BrN3O/c1-14(19(24)22-17-6-4-15(20)5-7-17)21-16-8-10-18(11-9-16)23-12-2-3-13-23/h4-11,14,21H,2-3,12-13H2,1H3,(H,22,24)/t14-/m0/s1. The van der Waals surface area contributed by atoms with Gasteiger partial charge < -0.3 is 15.5 Å². The van der Waals surface area contributed by atoms with Crippen molar-refractivity contribution < 1.29 is 4.79 Å². The molecule has 3 rings (SSSR count). The number of halogens is 1. The Bertz CT molecular complexity index is 679. The fourth-order valence-corrected chi connectivity index (χ4v) is 3.11. The van der Waals surface area contributed by atoms with Gasteiger partial charge in [-0.3, -0.25) is 4.79 Å². The second-order valence-electron chi connectivity index (χ2n) is 6.10. The zero-order chi connectivity index (χ0) is 16.9.